The molecule has 0 bridgehead atoms. The van der Waals surface area contributed by atoms with Crippen LogP contribution in [0.5, 0.6) is 0 Å². The van der Waals surface area contributed by atoms with Crippen LogP contribution < -0.4 is 27.0 Å². The molecule has 0 radical (unpaired) electrons. The maximum Gasteiger partial charge on any atom is 0.262 e. The van der Waals surface area contributed by atoms with Gasteiger partial charge in [-0.15, -0.1) is 0 Å². The topological polar surface area (TPSA) is 239 Å². The number of aromatic nitrogens is 1. The number of H-pyrrole nitrogens is 1. The Bertz CT molecular complexity index is 2070. The zero-order valence-electron chi connectivity index (χ0n) is 37.2. The van der Waals surface area contributed by atoms with Crippen molar-refractivity contribution in [2.24, 2.45) is 11.7 Å². The summed E-state index contributed by atoms with van der Waals surface area (Å²) < 4.78 is 0. The first kappa shape index (κ1) is 49.5. The molecule has 18 heteroatoms. The van der Waals surface area contributed by atoms with E-state index in [2.05, 4.69) is 26.3 Å². The molecule has 3 amide bonds. The molecule has 0 saturated carbocycles. The van der Waals surface area contributed by atoms with Gasteiger partial charge in [-0.2, -0.15) is 0 Å². The van der Waals surface area contributed by atoms with Crippen molar-refractivity contribution in [3.05, 3.63) is 71.9 Å². The Morgan fingerprint density at radius 1 is 0.750 bits per heavy atom. The fraction of sp³-hybridized carbons (Fsp3) is 0.522. The van der Waals surface area contributed by atoms with Gasteiger partial charge in [-0.05, 0) is 75.7 Å². The maximum atomic E-state index is 15.4. The largest absolute Gasteiger partial charge is 0.361 e. The molecule has 0 spiro atoms. The molecule has 3 heterocycles. The number of nitrogens with two attached hydrogens (primary N) is 1. The summed E-state index contributed by atoms with van der Waals surface area (Å²) in [5.41, 5.74) is 8.24. The van der Waals surface area contributed by atoms with Gasteiger partial charge in [0.25, 0.3) is 17.7 Å². The highest BCUT2D eigenvalue weighted by molar-refractivity contribution is 5.96. The average molecular weight is 885 g/mol. The van der Waals surface area contributed by atoms with Crippen LogP contribution in [0.2, 0.25) is 0 Å². The summed E-state index contributed by atoms with van der Waals surface area (Å²) in [6.07, 6.45) is 1.47. The lowest BCUT2D eigenvalue weighted by molar-refractivity contribution is -0.165. The van der Waals surface area contributed by atoms with Gasteiger partial charge in [-0.25, -0.2) is 0 Å². The number of para-hydroxylation sites is 1. The van der Waals surface area contributed by atoms with E-state index in [0.29, 0.717) is 51.1 Å². The smallest absolute Gasteiger partial charge is 0.262 e. The number of ketones is 1. The number of Topliss-reactive ketones (excluding diaryl/α,β-unsaturated/α-hetero) is 1. The SMILES string of the molecule is CC(=O)[C@H](N[C@H](C=O)CC(C)C)N1CCN(C(=O)[C@H](N[C@H](C=O)Cc2c[nH]c3ccccc23)N2CCN(C)[C@@H](N[C@H](C=O)Cc3ccccc3)C2=O)[C@@H](N[C@H](C=O)CCCCN)C1=O. The number of likely N-dealkylation sites (N-methyl/N-ethyl adjacent to an activating group) is 1. The number of benzene rings is 2. The Morgan fingerprint density at radius 2 is 1.36 bits per heavy atom. The number of aldehydes is 4. The summed E-state index contributed by atoms with van der Waals surface area (Å²) in [5.74, 6) is -2.36. The highest BCUT2D eigenvalue weighted by Gasteiger charge is 2.48. The van der Waals surface area contributed by atoms with Crippen LogP contribution in [0.25, 0.3) is 10.9 Å². The average Bonchev–Trinajstić information content (AvgIpc) is 3.70. The van der Waals surface area contributed by atoms with E-state index in [-0.39, 0.29) is 44.9 Å². The van der Waals surface area contributed by atoms with Gasteiger partial charge >= 0.3 is 0 Å². The van der Waals surface area contributed by atoms with Gasteiger partial charge in [0.2, 0.25) is 0 Å². The second-order valence-electron chi connectivity index (χ2n) is 17.1. The second-order valence-corrected chi connectivity index (χ2v) is 17.1. The van der Waals surface area contributed by atoms with Crippen LogP contribution in [0.4, 0.5) is 0 Å². The number of piperazine rings is 2. The van der Waals surface area contributed by atoms with Crippen molar-refractivity contribution >= 4 is 59.6 Å². The van der Waals surface area contributed by atoms with Gasteiger partial charge in [0.05, 0.1) is 24.2 Å². The fourth-order valence-electron chi connectivity index (χ4n) is 8.46. The van der Waals surface area contributed by atoms with E-state index in [1.54, 1.807) is 18.1 Å². The Kier molecular flexibility index (Phi) is 18.5. The summed E-state index contributed by atoms with van der Waals surface area (Å²) in [6.45, 7) is 5.53. The number of nitrogens with zero attached hydrogens (tertiary/aromatic N) is 4. The molecule has 0 unspecified atom stereocenters. The molecular formula is C46H64N10O8. The van der Waals surface area contributed by atoms with Crippen LogP contribution in [0.1, 0.15) is 57.6 Å². The lowest BCUT2D eigenvalue weighted by Gasteiger charge is -2.48. The third-order valence-electron chi connectivity index (χ3n) is 11.8. The number of rotatable bonds is 26. The van der Waals surface area contributed by atoms with E-state index in [1.807, 2.05) is 68.4 Å². The van der Waals surface area contributed by atoms with Gasteiger partial charge in [0.15, 0.2) is 18.1 Å². The third kappa shape index (κ3) is 12.6. The van der Waals surface area contributed by atoms with Crippen molar-refractivity contribution in [3.8, 4) is 0 Å². The predicted octanol–water partition coefficient (Wildman–Crippen LogP) is 0.0948. The number of aromatic amines is 1. The first-order valence-electron chi connectivity index (χ1n) is 22.1. The molecule has 2 fully saturated rings. The fourth-order valence-corrected chi connectivity index (χ4v) is 8.46. The third-order valence-corrected chi connectivity index (χ3v) is 11.8. The summed E-state index contributed by atoms with van der Waals surface area (Å²) in [7, 11) is 1.73. The first-order valence-corrected chi connectivity index (χ1v) is 22.1. The number of amides is 3. The quantitative estimate of drug-likeness (QED) is 0.0463. The molecule has 2 aliphatic rings. The molecule has 0 aliphatic carbocycles. The van der Waals surface area contributed by atoms with E-state index in [9.17, 15) is 33.6 Å². The van der Waals surface area contributed by atoms with Crippen LogP contribution in [-0.4, -0.2) is 162 Å². The van der Waals surface area contributed by atoms with Crippen LogP contribution in [0.15, 0.2) is 60.8 Å². The zero-order chi connectivity index (χ0) is 46.3. The van der Waals surface area contributed by atoms with Crippen molar-refractivity contribution in [2.45, 2.75) is 108 Å². The molecule has 8 atom stereocenters. The standard InChI is InChI=1S/C46H64N10O8/c1-30(2)22-35(27-58)50-40(31(3)61)54-20-21-56(42(45(54)63)49-34(26-57)14-10-11-17-47)46(64)43(52-37(29-60)24-33-25-48-39-16-9-8-15-38(33)39)55-19-18-53(4)41(44(55)62)51-36(28-59)23-32-12-6-5-7-13-32/h5-9,12-13,15-16,25-30,34-37,40-43,48-52H,10-11,14,17-24,47H2,1-4H3/t34-,35-,36-,37-,40+,41+,42+,43+/m0/s1. The molecule has 2 aromatic carbocycles. The number of carbonyl (C=O) groups excluding carboxylic acids is 8. The van der Waals surface area contributed by atoms with Crippen molar-refractivity contribution in [2.75, 3.05) is 39.8 Å². The van der Waals surface area contributed by atoms with E-state index >= 15 is 4.79 Å². The minimum atomic E-state index is -1.52. The summed E-state index contributed by atoms with van der Waals surface area (Å²) in [6, 6.07) is 13.4. The Hall–Kier alpha value is -5.50. The summed E-state index contributed by atoms with van der Waals surface area (Å²) in [4.78, 5) is 117. The van der Waals surface area contributed by atoms with E-state index in [0.717, 1.165) is 28.3 Å². The number of unbranched alkanes of at least 4 members (excludes halogenated alkanes) is 1. The number of nitrogens with one attached hydrogen (secondary N) is 5. The predicted molar refractivity (Wildman–Crippen MR) is 240 cm³/mol. The Morgan fingerprint density at radius 3 is 2.02 bits per heavy atom. The van der Waals surface area contributed by atoms with Crippen molar-refractivity contribution < 1.29 is 38.4 Å². The molecule has 64 heavy (non-hydrogen) atoms. The van der Waals surface area contributed by atoms with Crippen LogP contribution in [0.3, 0.4) is 0 Å². The lowest BCUT2D eigenvalue weighted by Crippen LogP contribution is -2.74. The summed E-state index contributed by atoms with van der Waals surface area (Å²) in [5, 5.41) is 13.3. The highest BCUT2D eigenvalue weighted by atomic mass is 16.2. The van der Waals surface area contributed by atoms with Crippen LogP contribution >= 0.6 is 0 Å². The van der Waals surface area contributed by atoms with E-state index in [1.165, 1.54) is 21.6 Å². The molecule has 18 nitrogen and oxygen atoms in total. The number of hydrogen-bond donors (Lipinski definition) is 6. The highest BCUT2D eigenvalue weighted by Crippen LogP contribution is 2.23. The van der Waals surface area contributed by atoms with Crippen LogP contribution in [0, 0.1) is 5.92 Å². The second kappa shape index (κ2) is 24.0. The Labute approximate surface area is 374 Å². The Balaban J connectivity index is 1.52. The van der Waals surface area contributed by atoms with Crippen LogP contribution in [-0.2, 0) is 51.2 Å². The molecule has 2 saturated heterocycles. The van der Waals surface area contributed by atoms with Crippen molar-refractivity contribution in [1.29, 1.82) is 0 Å². The molecule has 5 rings (SSSR count). The van der Waals surface area contributed by atoms with Gasteiger partial charge in [0, 0.05) is 43.3 Å². The minimum absolute atomic E-state index is 0.0291. The van der Waals surface area contributed by atoms with Gasteiger partial charge in [-0.1, -0.05) is 68.8 Å². The van der Waals surface area contributed by atoms with E-state index in [4.69, 9.17) is 5.73 Å². The van der Waals surface area contributed by atoms with Crippen molar-refractivity contribution in [1.82, 2.24) is 45.9 Å². The number of hydrogen-bond acceptors (Lipinski definition) is 14. The molecule has 1 aromatic heterocycles. The number of fused-ring (bicyclic) bond motifs is 1. The zero-order valence-corrected chi connectivity index (χ0v) is 37.2. The summed E-state index contributed by atoms with van der Waals surface area (Å²) >= 11 is 0. The van der Waals surface area contributed by atoms with Gasteiger partial charge in [-0.3, -0.25) is 45.3 Å². The minimum Gasteiger partial charge on any atom is -0.361 e. The van der Waals surface area contributed by atoms with Gasteiger partial charge in [0.1, 0.15) is 37.5 Å². The molecule has 2 aliphatic heterocycles. The van der Waals surface area contributed by atoms with Gasteiger partial charge < -0.3 is 44.6 Å². The number of carbonyl (C=O) groups is 8. The lowest BCUT2D eigenvalue weighted by atomic mass is 10.0. The van der Waals surface area contributed by atoms with E-state index < -0.39 is 72.3 Å². The molecule has 346 valence electrons. The first-order chi connectivity index (χ1) is 30.8. The molecule has 3 aromatic rings. The monoisotopic (exact) mass is 884 g/mol. The van der Waals surface area contributed by atoms with Crippen molar-refractivity contribution in [3.63, 3.8) is 0 Å². The maximum absolute atomic E-state index is 15.4. The molecular weight excluding hydrogens is 821 g/mol. The molecule has 7 N–H and O–H groups in total. The normalized spacial score (nSPS) is 20.1.